The van der Waals surface area contributed by atoms with E-state index in [-0.39, 0.29) is 41.6 Å². The van der Waals surface area contributed by atoms with Crippen LogP contribution in [0.2, 0.25) is 0 Å². The van der Waals surface area contributed by atoms with Gasteiger partial charge in [0, 0.05) is 17.4 Å². The molecule has 2 fully saturated rings. The zero-order valence-corrected chi connectivity index (χ0v) is 12.3. The van der Waals surface area contributed by atoms with Gasteiger partial charge in [-0.2, -0.15) is 0 Å². The Labute approximate surface area is 124 Å². The number of aliphatic hydroxyl groups excluding tert-OH is 1. The number of hydrogen-bond acceptors (Lipinski definition) is 2. The van der Waals surface area contributed by atoms with Crippen molar-refractivity contribution in [1.29, 1.82) is 0 Å². The summed E-state index contributed by atoms with van der Waals surface area (Å²) >= 11 is 0. The number of halogens is 1. The van der Waals surface area contributed by atoms with Crippen LogP contribution >= 0.6 is 0 Å². The maximum absolute atomic E-state index is 13.2. The van der Waals surface area contributed by atoms with Crippen molar-refractivity contribution in [3.05, 3.63) is 35.6 Å². The summed E-state index contributed by atoms with van der Waals surface area (Å²) < 4.78 is 13.2. The van der Waals surface area contributed by atoms with Crippen molar-refractivity contribution >= 4 is 5.91 Å². The van der Waals surface area contributed by atoms with E-state index in [0.29, 0.717) is 0 Å². The van der Waals surface area contributed by atoms with Crippen LogP contribution in [-0.2, 0) is 4.79 Å². The van der Waals surface area contributed by atoms with Gasteiger partial charge >= 0.3 is 0 Å². The number of benzene rings is 1. The molecule has 1 aromatic rings. The zero-order chi connectivity index (χ0) is 15.0. The van der Waals surface area contributed by atoms with Gasteiger partial charge in [-0.25, -0.2) is 4.39 Å². The van der Waals surface area contributed by atoms with E-state index in [1.165, 1.54) is 12.1 Å². The highest BCUT2D eigenvalue weighted by molar-refractivity contribution is 5.83. The number of aliphatic hydroxyl groups is 1. The lowest BCUT2D eigenvalue weighted by Crippen LogP contribution is -2.45. The van der Waals surface area contributed by atoms with Crippen molar-refractivity contribution in [3.8, 4) is 0 Å². The molecular formula is C17H22FNO2. The van der Waals surface area contributed by atoms with Gasteiger partial charge in [-0.1, -0.05) is 25.5 Å². The second kappa shape index (κ2) is 5.41. The van der Waals surface area contributed by atoms with Crippen LogP contribution in [0.4, 0.5) is 4.39 Å². The van der Waals surface area contributed by atoms with Gasteiger partial charge in [-0.05, 0) is 42.9 Å². The fourth-order valence-electron chi connectivity index (χ4n) is 3.54. The quantitative estimate of drug-likeness (QED) is 0.896. The fraction of sp³-hybridized carbons (Fsp3) is 0.588. The third-order valence-corrected chi connectivity index (χ3v) is 5.16. The van der Waals surface area contributed by atoms with Gasteiger partial charge in [0.05, 0.1) is 6.61 Å². The third-order valence-electron chi connectivity index (χ3n) is 5.16. The van der Waals surface area contributed by atoms with Crippen molar-refractivity contribution in [2.24, 2.45) is 11.3 Å². The maximum Gasteiger partial charge on any atom is 0.223 e. The molecule has 3 nitrogen and oxygen atoms in total. The summed E-state index contributed by atoms with van der Waals surface area (Å²) in [6, 6.07) is 6.58. The molecule has 0 saturated heterocycles. The predicted molar refractivity (Wildman–Crippen MR) is 78.2 cm³/mol. The molecule has 3 rings (SSSR count). The molecule has 0 bridgehead atoms. The molecule has 0 spiro atoms. The highest BCUT2D eigenvalue weighted by Gasteiger charge is 2.46. The summed E-state index contributed by atoms with van der Waals surface area (Å²) in [6.45, 7) is 2.14. The molecule has 2 saturated carbocycles. The average molecular weight is 291 g/mol. The molecule has 2 N–H and O–H groups in total. The summed E-state index contributed by atoms with van der Waals surface area (Å²) in [5, 5.41) is 12.6. The summed E-state index contributed by atoms with van der Waals surface area (Å²) in [7, 11) is 0. The highest BCUT2D eigenvalue weighted by atomic mass is 19.1. The van der Waals surface area contributed by atoms with Crippen LogP contribution in [0, 0.1) is 17.2 Å². The normalized spacial score (nSPS) is 34.7. The molecule has 0 heterocycles. The Morgan fingerprint density at radius 1 is 1.52 bits per heavy atom. The first kappa shape index (κ1) is 14.5. The van der Waals surface area contributed by atoms with Crippen molar-refractivity contribution in [2.45, 2.75) is 44.6 Å². The first-order chi connectivity index (χ1) is 10.0. The van der Waals surface area contributed by atoms with Gasteiger partial charge < -0.3 is 10.4 Å². The Hall–Kier alpha value is -1.42. The SMILES string of the molecule is CC1(CO)CCCC1NC(=O)C1CC1c1cccc(F)c1. The maximum atomic E-state index is 13.2. The summed E-state index contributed by atoms with van der Waals surface area (Å²) in [6.07, 6.45) is 3.71. The molecule has 21 heavy (non-hydrogen) atoms. The topological polar surface area (TPSA) is 49.3 Å². The number of hydrogen-bond donors (Lipinski definition) is 2. The summed E-state index contributed by atoms with van der Waals surface area (Å²) in [4.78, 5) is 12.3. The lowest BCUT2D eigenvalue weighted by atomic mass is 9.85. The van der Waals surface area contributed by atoms with Crippen LogP contribution in [-0.4, -0.2) is 23.7 Å². The van der Waals surface area contributed by atoms with Crippen molar-refractivity contribution in [3.63, 3.8) is 0 Å². The van der Waals surface area contributed by atoms with E-state index < -0.39 is 0 Å². The van der Waals surface area contributed by atoms with Crippen LogP contribution in [0.3, 0.4) is 0 Å². The van der Waals surface area contributed by atoms with Gasteiger partial charge in [0.25, 0.3) is 0 Å². The van der Waals surface area contributed by atoms with Crippen LogP contribution in [0.1, 0.15) is 44.1 Å². The Morgan fingerprint density at radius 3 is 3.05 bits per heavy atom. The zero-order valence-electron chi connectivity index (χ0n) is 12.3. The molecule has 0 radical (unpaired) electrons. The minimum atomic E-state index is -0.248. The lowest BCUT2D eigenvalue weighted by molar-refractivity contribution is -0.124. The van der Waals surface area contributed by atoms with E-state index in [1.807, 2.05) is 13.0 Å². The van der Waals surface area contributed by atoms with Gasteiger partial charge in [0.2, 0.25) is 5.91 Å². The second-order valence-corrected chi connectivity index (χ2v) is 6.77. The molecule has 0 aliphatic heterocycles. The molecule has 2 aliphatic carbocycles. The second-order valence-electron chi connectivity index (χ2n) is 6.77. The molecule has 114 valence electrons. The molecule has 1 aromatic carbocycles. The van der Waals surface area contributed by atoms with Gasteiger partial charge in [-0.15, -0.1) is 0 Å². The monoisotopic (exact) mass is 291 g/mol. The molecule has 0 aromatic heterocycles. The number of rotatable bonds is 4. The van der Waals surface area contributed by atoms with E-state index in [4.69, 9.17) is 0 Å². The third kappa shape index (κ3) is 2.82. The molecule has 4 unspecified atom stereocenters. The Balaban J connectivity index is 1.61. The minimum absolute atomic E-state index is 0.0460. The van der Waals surface area contributed by atoms with Crippen LogP contribution in [0.25, 0.3) is 0 Å². The Morgan fingerprint density at radius 2 is 2.33 bits per heavy atom. The number of nitrogens with one attached hydrogen (secondary N) is 1. The van der Waals surface area contributed by atoms with Gasteiger partial charge in [-0.3, -0.25) is 4.79 Å². The fourth-order valence-corrected chi connectivity index (χ4v) is 3.54. The first-order valence-corrected chi connectivity index (χ1v) is 7.70. The Bertz CT molecular complexity index is 547. The van der Waals surface area contributed by atoms with Crippen molar-refractivity contribution < 1.29 is 14.3 Å². The van der Waals surface area contributed by atoms with E-state index in [1.54, 1.807) is 6.07 Å². The molecular weight excluding hydrogens is 269 g/mol. The number of amides is 1. The molecule has 4 atom stereocenters. The molecule has 4 heteroatoms. The van der Waals surface area contributed by atoms with Crippen LogP contribution < -0.4 is 5.32 Å². The lowest BCUT2D eigenvalue weighted by Gasteiger charge is -2.30. The van der Waals surface area contributed by atoms with Crippen LogP contribution in [0.15, 0.2) is 24.3 Å². The number of carbonyl (C=O) groups is 1. The standard InChI is InChI=1S/C17H22FNO2/c1-17(10-20)7-3-6-15(17)19-16(21)14-9-13(14)11-4-2-5-12(18)8-11/h2,4-5,8,13-15,20H,3,6-7,9-10H2,1H3,(H,19,21). The largest absolute Gasteiger partial charge is 0.396 e. The van der Waals surface area contributed by atoms with E-state index >= 15 is 0 Å². The molecule has 1 amide bonds. The molecule has 2 aliphatic rings. The first-order valence-electron chi connectivity index (χ1n) is 7.70. The van der Waals surface area contributed by atoms with E-state index in [9.17, 15) is 14.3 Å². The van der Waals surface area contributed by atoms with Gasteiger partial charge in [0.15, 0.2) is 0 Å². The van der Waals surface area contributed by atoms with Crippen LogP contribution in [0.5, 0.6) is 0 Å². The predicted octanol–water partition coefficient (Wildman–Crippen LogP) is 2.60. The number of carbonyl (C=O) groups excluding carboxylic acids is 1. The average Bonchev–Trinajstić information content (AvgIpc) is 3.19. The van der Waals surface area contributed by atoms with Gasteiger partial charge in [0.1, 0.15) is 5.82 Å². The smallest absolute Gasteiger partial charge is 0.223 e. The Kier molecular flexibility index (Phi) is 3.74. The van der Waals surface area contributed by atoms with Crippen molar-refractivity contribution in [1.82, 2.24) is 5.32 Å². The highest BCUT2D eigenvalue weighted by Crippen LogP contribution is 2.48. The van der Waals surface area contributed by atoms with E-state index in [0.717, 1.165) is 31.2 Å². The minimum Gasteiger partial charge on any atom is -0.396 e. The summed E-state index contributed by atoms with van der Waals surface area (Å²) in [5.41, 5.74) is 0.713. The summed E-state index contributed by atoms with van der Waals surface area (Å²) in [5.74, 6) is -0.101. The van der Waals surface area contributed by atoms with E-state index in [2.05, 4.69) is 5.32 Å². The van der Waals surface area contributed by atoms with Crippen molar-refractivity contribution in [2.75, 3.05) is 6.61 Å².